The zero-order valence-corrected chi connectivity index (χ0v) is 17.6. The van der Waals surface area contributed by atoms with Gasteiger partial charge in [-0.1, -0.05) is 11.6 Å². The van der Waals surface area contributed by atoms with Crippen molar-refractivity contribution in [3.8, 4) is 0 Å². The van der Waals surface area contributed by atoms with Crippen molar-refractivity contribution in [1.29, 1.82) is 0 Å². The smallest absolute Gasteiger partial charge is 0.243 e. The highest BCUT2D eigenvalue weighted by molar-refractivity contribution is 6.30. The zero-order valence-electron chi connectivity index (χ0n) is 16.8. The number of carbonyl (C=O) groups excluding carboxylic acids is 2. The summed E-state index contributed by atoms with van der Waals surface area (Å²) in [5.41, 5.74) is 0.562. The second-order valence-corrected chi connectivity index (χ2v) is 7.60. The minimum atomic E-state index is -1.67. The predicted molar refractivity (Wildman–Crippen MR) is 113 cm³/mol. The van der Waals surface area contributed by atoms with Crippen LogP contribution in [0.5, 0.6) is 0 Å². The van der Waals surface area contributed by atoms with Crippen molar-refractivity contribution in [2.24, 2.45) is 0 Å². The monoisotopic (exact) mass is 454 g/mol. The van der Waals surface area contributed by atoms with Gasteiger partial charge in [0.05, 0.1) is 18.3 Å². The third kappa shape index (κ3) is 5.68. The molecule has 0 saturated carbocycles. The summed E-state index contributed by atoms with van der Waals surface area (Å²) in [5.74, 6) is -5.63. The summed E-state index contributed by atoms with van der Waals surface area (Å²) in [5, 5.41) is 5.27. The van der Waals surface area contributed by atoms with E-state index >= 15 is 0 Å². The van der Waals surface area contributed by atoms with Gasteiger partial charge in [-0.05, 0) is 43.3 Å². The Balaban J connectivity index is 1.46. The van der Waals surface area contributed by atoms with Gasteiger partial charge in [-0.2, -0.15) is 0 Å². The first-order valence-corrected chi connectivity index (χ1v) is 10.1. The molecule has 1 unspecified atom stereocenters. The van der Waals surface area contributed by atoms with E-state index in [0.717, 1.165) is 24.8 Å². The van der Waals surface area contributed by atoms with E-state index in [1.165, 1.54) is 0 Å². The highest BCUT2D eigenvalue weighted by Crippen LogP contribution is 2.21. The molecule has 1 saturated heterocycles. The number of rotatable bonds is 6. The fraction of sp³-hybridized carbons (Fsp3) is 0.333. The number of hydrogen-bond acceptors (Lipinski definition) is 4. The lowest BCUT2D eigenvalue weighted by atomic mass is 10.2. The summed E-state index contributed by atoms with van der Waals surface area (Å²) >= 11 is 5.92. The van der Waals surface area contributed by atoms with Gasteiger partial charge in [-0.15, -0.1) is 0 Å². The van der Waals surface area contributed by atoms with Crippen LogP contribution >= 0.6 is 11.6 Å². The van der Waals surface area contributed by atoms with Gasteiger partial charge in [0.1, 0.15) is 0 Å². The minimum Gasteiger partial charge on any atom is -0.369 e. The van der Waals surface area contributed by atoms with Crippen molar-refractivity contribution < 1.29 is 22.8 Å². The van der Waals surface area contributed by atoms with Crippen molar-refractivity contribution in [1.82, 2.24) is 10.2 Å². The van der Waals surface area contributed by atoms with Crippen LogP contribution in [0.4, 0.5) is 24.5 Å². The summed E-state index contributed by atoms with van der Waals surface area (Å²) in [6.45, 7) is 4.09. The van der Waals surface area contributed by atoms with Crippen LogP contribution in [0.2, 0.25) is 5.02 Å². The highest BCUT2D eigenvalue weighted by atomic mass is 35.5. The number of benzene rings is 2. The molecule has 6 nitrogen and oxygen atoms in total. The average molecular weight is 455 g/mol. The molecule has 0 aromatic heterocycles. The van der Waals surface area contributed by atoms with E-state index in [2.05, 4.69) is 15.5 Å². The second kappa shape index (κ2) is 10.0. The van der Waals surface area contributed by atoms with Gasteiger partial charge in [-0.25, -0.2) is 13.2 Å². The van der Waals surface area contributed by atoms with Crippen molar-refractivity contribution in [3.63, 3.8) is 0 Å². The van der Waals surface area contributed by atoms with Crippen LogP contribution in [-0.4, -0.2) is 55.5 Å². The molecular formula is C21H22ClF3N4O2. The van der Waals surface area contributed by atoms with Crippen molar-refractivity contribution in [2.75, 3.05) is 42.9 Å². The van der Waals surface area contributed by atoms with Crippen LogP contribution in [0.1, 0.15) is 6.92 Å². The van der Waals surface area contributed by atoms with E-state index in [1.54, 1.807) is 6.92 Å². The number of piperazine rings is 1. The molecule has 10 heteroatoms. The van der Waals surface area contributed by atoms with Gasteiger partial charge in [-0.3, -0.25) is 14.5 Å². The lowest BCUT2D eigenvalue weighted by Crippen LogP contribution is -2.54. The average Bonchev–Trinajstić information content (AvgIpc) is 2.78. The van der Waals surface area contributed by atoms with Crippen molar-refractivity contribution in [2.45, 2.75) is 13.0 Å². The molecular weight excluding hydrogens is 433 g/mol. The first-order valence-electron chi connectivity index (χ1n) is 9.72. The maximum absolute atomic E-state index is 13.6. The summed E-state index contributed by atoms with van der Waals surface area (Å²) < 4.78 is 39.8. The third-order valence-electron chi connectivity index (χ3n) is 5.17. The first kappa shape index (κ1) is 22.9. The molecule has 3 rings (SSSR count). The molecule has 2 N–H and O–H groups in total. The Morgan fingerprint density at radius 3 is 2.29 bits per heavy atom. The van der Waals surface area contributed by atoms with Crippen LogP contribution in [0, 0.1) is 17.5 Å². The molecule has 31 heavy (non-hydrogen) atoms. The third-order valence-corrected chi connectivity index (χ3v) is 5.42. The van der Waals surface area contributed by atoms with Crippen molar-refractivity contribution >= 4 is 34.8 Å². The zero-order chi connectivity index (χ0) is 22.5. The summed E-state index contributed by atoms with van der Waals surface area (Å²) in [6, 6.07) is 8.70. The molecule has 1 heterocycles. The Hall–Kier alpha value is -2.78. The quantitative estimate of drug-likeness (QED) is 0.659. The van der Waals surface area contributed by atoms with Crippen LogP contribution in [0.3, 0.4) is 0 Å². The van der Waals surface area contributed by atoms with Crippen molar-refractivity contribution in [3.05, 3.63) is 58.9 Å². The number of nitrogens with one attached hydrogen (secondary N) is 2. The van der Waals surface area contributed by atoms with Gasteiger partial charge < -0.3 is 15.5 Å². The van der Waals surface area contributed by atoms with Gasteiger partial charge >= 0.3 is 0 Å². The van der Waals surface area contributed by atoms with E-state index in [4.69, 9.17) is 11.6 Å². The minimum absolute atomic E-state index is 0.360. The van der Waals surface area contributed by atoms with Gasteiger partial charge in [0.2, 0.25) is 11.8 Å². The highest BCUT2D eigenvalue weighted by Gasteiger charge is 2.26. The standard InChI is InChI=1S/C21H22ClF3N4O2/c1-13(28-8-10-29(11-9-28)15-4-2-14(22)3-5-15)21(31)26-12-18(30)27-17-7-6-16(23)19(24)20(17)25/h2-7,13H,8-12H2,1H3,(H,26,31)(H,27,30). The van der Waals surface area contributed by atoms with Crippen LogP contribution in [-0.2, 0) is 9.59 Å². The molecule has 2 amide bonds. The molecule has 0 aliphatic carbocycles. The Kier molecular flexibility index (Phi) is 7.40. The lowest BCUT2D eigenvalue weighted by molar-refractivity contribution is -0.128. The molecule has 1 atom stereocenters. The van der Waals surface area contributed by atoms with E-state index in [1.807, 2.05) is 29.2 Å². The molecule has 1 fully saturated rings. The number of nitrogens with zero attached hydrogens (tertiary/aromatic N) is 2. The number of hydrogen-bond donors (Lipinski definition) is 2. The topological polar surface area (TPSA) is 64.7 Å². The maximum Gasteiger partial charge on any atom is 0.243 e. The first-order chi connectivity index (χ1) is 14.8. The Labute approximate surface area is 183 Å². The van der Waals surface area contributed by atoms with E-state index in [0.29, 0.717) is 24.2 Å². The molecule has 0 radical (unpaired) electrons. The molecule has 2 aromatic carbocycles. The van der Waals surface area contributed by atoms with E-state index < -0.39 is 41.6 Å². The molecule has 1 aliphatic rings. The molecule has 2 aromatic rings. The maximum atomic E-state index is 13.6. The van der Waals surface area contributed by atoms with Crippen LogP contribution in [0.15, 0.2) is 36.4 Å². The number of amides is 2. The van der Waals surface area contributed by atoms with E-state index in [9.17, 15) is 22.8 Å². The van der Waals surface area contributed by atoms with Gasteiger partial charge in [0, 0.05) is 36.9 Å². The molecule has 0 spiro atoms. The van der Waals surface area contributed by atoms with Crippen LogP contribution < -0.4 is 15.5 Å². The number of carbonyl (C=O) groups is 2. The SMILES string of the molecule is CC(C(=O)NCC(=O)Nc1ccc(F)c(F)c1F)N1CCN(c2ccc(Cl)cc2)CC1. The van der Waals surface area contributed by atoms with E-state index in [-0.39, 0.29) is 5.91 Å². The normalized spacial score (nSPS) is 15.5. The number of anilines is 2. The summed E-state index contributed by atoms with van der Waals surface area (Å²) in [7, 11) is 0. The molecule has 1 aliphatic heterocycles. The predicted octanol–water partition coefficient (Wildman–Crippen LogP) is 3.02. The molecule has 166 valence electrons. The second-order valence-electron chi connectivity index (χ2n) is 7.16. The fourth-order valence-electron chi connectivity index (χ4n) is 3.32. The Morgan fingerprint density at radius 1 is 1.00 bits per heavy atom. The Morgan fingerprint density at radius 2 is 1.65 bits per heavy atom. The largest absolute Gasteiger partial charge is 0.369 e. The fourth-order valence-corrected chi connectivity index (χ4v) is 3.44. The van der Waals surface area contributed by atoms with Gasteiger partial charge in [0.25, 0.3) is 0 Å². The lowest BCUT2D eigenvalue weighted by Gasteiger charge is -2.38. The number of halogens is 4. The van der Waals surface area contributed by atoms with Gasteiger partial charge in [0.15, 0.2) is 17.5 Å². The Bertz CT molecular complexity index is 950. The summed E-state index contributed by atoms with van der Waals surface area (Å²) in [6.07, 6.45) is 0. The molecule has 0 bridgehead atoms. The summed E-state index contributed by atoms with van der Waals surface area (Å²) in [4.78, 5) is 28.5. The van der Waals surface area contributed by atoms with Crippen LogP contribution in [0.25, 0.3) is 0 Å².